The van der Waals surface area contributed by atoms with Gasteiger partial charge in [0.2, 0.25) is 0 Å². The normalized spacial score (nSPS) is 13.0. The Kier molecular flexibility index (Phi) is 3.29. The van der Waals surface area contributed by atoms with Crippen molar-refractivity contribution < 1.29 is 0 Å². The van der Waals surface area contributed by atoms with Crippen LogP contribution in [0.3, 0.4) is 0 Å². The average molecular weight is 206 g/mol. The molecular formula is C7H9Cl2N3. The molecule has 1 heterocycles. The molecular weight excluding hydrogens is 197 g/mol. The number of rotatable bonds is 2. The lowest BCUT2D eigenvalue weighted by Gasteiger charge is -2.10. The maximum Gasteiger partial charge on any atom is 0.0770 e. The molecule has 0 aliphatic heterocycles. The second-order valence-electron chi connectivity index (χ2n) is 2.41. The van der Waals surface area contributed by atoms with Crippen LogP contribution in [-0.2, 0) is 0 Å². The molecule has 0 saturated heterocycles. The Morgan fingerprint density at radius 1 is 1.58 bits per heavy atom. The number of halogens is 2. The Bertz CT molecular complexity index is 277. The zero-order valence-electron chi connectivity index (χ0n) is 6.51. The standard InChI is InChI=1S/C7H9Cl2N3/c1-4(12-10)7-6(9)2-5(8)3-11-7/h2-4,12H,10H2,1H3. The molecule has 1 unspecified atom stereocenters. The van der Waals surface area contributed by atoms with Crippen LogP contribution in [0.1, 0.15) is 18.7 Å². The van der Waals surface area contributed by atoms with Crippen LogP contribution in [-0.4, -0.2) is 4.98 Å². The van der Waals surface area contributed by atoms with Gasteiger partial charge < -0.3 is 0 Å². The van der Waals surface area contributed by atoms with Gasteiger partial charge in [-0.05, 0) is 13.0 Å². The summed E-state index contributed by atoms with van der Waals surface area (Å²) >= 11 is 11.5. The van der Waals surface area contributed by atoms with Crippen molar-refractivity contribution in [2.75, 3.05) is 0 Å². The molecule has 1 aromatic heterocycles. The van der Waals surface area contributed by atoms with Gasteiger partial charge in [0, 0.05) is 6.20 Å². The van der Waals surface area contributed by atoms with E-state index in [4.69, 9.17) is 29.0 Å². The molecule has 0 saturated carbocycles. The second kappa shape index (κ2) is 4.05. The number of nitrogens with two attached hydrogens (primary N) is 1. The van der Waals surface area contributed by atoms with Gasteiger partial charge in [0.1, 0.15) is 0 Å². The monoisotopic (exact) mass is 205 g/mol. The molecule has 0 aliphatic rings. The maximum atomic E-state index is 5.86. The van der Waals surface area contributed by atoms with Gasteiger partial charge >= 0.3 is 0 Å². The first-order chi connectivity index (χ1) is 5.65. The quantitative estimate of drug-likeness (QED) is 0.574. The molecule has 12 heavy (non-hydrogen) atoms. The summed E-state index contributed by atoms with van der Waals surface area (Å²) in [6.07, 6.45) is 1.54. The van der Waals surface area contributed by atoms with E-state index >= 15 is 0 Å². The molecule has 0 fully saturated rings. The van der Waals surface area contributed by atoms with E-state index in [0.717, 1.165) is 0 Å². The smallest absolute Gasteiger partial charge is 0.0770 e. The molecule has 0 aromatic carbocycles. The second-order valence-corrected chi connectivity index (χ2v) is 3.25. The summed E-state index contributed by atoms with van der Waals surface area (Å²) in [6, 6.07) is 1.56. The van der Waals surface area contributed by atoms with Crippen molar-refractivity contribution in [1.82, 2.24) is 10.4 Å². The number of aromatic nitrogens is 1. The largest absolute Gasteiger partial charge is 0.271 e. The Labute approximate surface area is 80.8 Å². The molecule has 1 atom stereocenters. The Balaban J connectivity index is 3.01. The predicted molar refractivity (Wildman–Crippen MR) is 50.0 cm³/mol. The third-order valence-electron chi connectivity index (χ3n) is 1.50. The number of hydrogen-bond donors (Lipinski definition) is 2. The van der Waals surface area contributed by atoms with E-state index in [9.17, 15) is 0 Å². The first-order valence-corrected chi connectivity index (χ1v) is 4.18. The first kappa shape index (κ1) is 9.74. The third-order valence-corrected chi connectivity index (χ3v) is 2.01. The fourth-order valence-corrected chi connectivity index (χ4v) is 1.37. The maximum absolute atomic E-state index is 5.86. The van der Waals surface area contributed by atoms with Crippen LogP contribution in [0.5, 0.6) is 0 Å². The molecule has 0 amide bonds. The van der Waals surface area contributed by atoms with Crippen molar-refractivity contribution in [3.8, 4) is 0 Å². The molecule has 3 nitrogen and oxygen atoms in total. The number of nitrogens with one attached hydrogen (secondary N) is 1. The number of nitrogens with zero attached hydrogens (tertiary/aromatic N) is 1. The minimum atomic E-state index is -0.0743. The summed E-state index contributed by atoms with van der Waals surface area (Å²) in [5.74, 6) is 5.23. The van der Waals surface area contributed by atoms with Crippen LogP contribution in [0.25, 0.3) is 0 Å². The number of pyridine rings is 1. The van der Waals surface area contributed by atoms with Crippen molar-refractivity contribution in [3.05, 3.63) is 28.0 Å². The van der Waals surface area contributed by atoms with Crippen molar-refractivity contribution in [2.45, 2.75) is 13.0 Å². The summed E-state index contributed by atoms with van der Waals surface area (Å²) in [4.78, 5) is 4.04. The highest BCUT2D eigenvalue weighted by atomic mass is 35.5. The fourth-order valence-electron chi connectivity index (χ4n) is 0.823. The lowest BCUT2D eigenvalue weighted by Crippen LogP contribution is -2.26. The van der Waals surface area contributed by atoms with E-state index in [-0.39, 0.29) is 6.04 Å². The number of hydrogen-bond acceptors (Lipinski definition) is 3. The van der Waals surface area contributed by atoms with Gasteiger partial charge in [-0.2, -0.15) is 0 Å². The van der Waals surface area contributed by atoms with Crippen molar-refractivity contribution in [2.24, 2.45) is 5.84 Å². The SMILES string of the molecule is CC(NN)c1ncc(Cl)cc1Cl. The van der Waals surface area contributed by atoms with Crippen LogP contribution >= 0.6 is 23.2 Å². The van der Waals surface area contributed by atoms with Gasteiger partial charge in [-0.3, -0.25) is 16.3 Å². The molecule has 0 bridgehead atoms. The van der Waals surface area contributed by atoms with Gasteiger partial charge in [-0.25, -0.2) is 0 Å². The summed E-state index contributed by atoms with van der Waals surface area (Å²) < 4.78 is 0. The van der Waals surface area contributed by atoms with Crippen LogP contribution in [0, 0.1) is 0 Å². The van der Waals surface area contributed by atoms with Gasteiger partial charge in [-0.1, -0.05) is 23.2 Å². The van der Waals surface area contributed by atoms with Gasteiger partial charge in [-0.15, -0.1) is 0 Å². The Morgan fingerprint density at radius 3 is 2.75 bits per heavy atom. The number of hydrazine groups is 1. The summed E-state index contributed by atoms with van der Waals surface area (Å²) in [5.41, 5.74) is 3.25. The summed E-state index contributed by atoms with van der Waals surface area (Å²) in [6.45, 7) is 1.86. The molecule has 3 N–H and O–H groups in total. The Hall–Kier alpha value is -0.350. The lowest BCUT2D eigenvalue weighted by molar-refractivity contribution is 0.587. The zero-order valence-corrected chi connectivity index (χ0v) is 8.02. The van der Waals surface area contributed by atoms with E-state index in [1.54, 1.807) is 6.07 Å². The summed E-state index contributed by atoms with van der Waals surface area (Å²) in [7, 11) is 0. The highest BCUT2D eigenvalue weighted by Gasteiger charge is 2.09. The van der Waals surface area contributed by atoms with Crippen molar-refractivity contribution in [1.29, 1.82) is 0 Å². The van der Waals surface area contributed by atoms with E-state index in [1.807, 2.05) is 6.92 Å². The molecule has 0 spiro atoms. The van der Waals surface area contributed by atoms with E-state index in [1.165, 1.54) is 6.20 Å². The average Bonchev–Trinajstić information content (AvgIpc) is 2.03. The topological polar surface area (TPSA) is 50.9 Å². The van der Waals surface area contributed by atoms with Gasteiger partial charge in [0.25, 0.3) is 0 Å². The predicted octanol–water partition coefficient (Wildman–Crippen LogP) is 1.91. The van der Waals surface area contributed by atoms with Gasteiger partial charge in [0.15, 0.2) is 0 Å². The molecule has 66 valence electrons. The van der Waals surface area contributed by atoms with Gasteiger partial charge in [0.05, 0.1) is 21.8 Å². The third kappa shape index (κ3) is 2.08. The van der Waals surface area contributed by atoms with E-state index in [0.29, 0.717) is 15.7 Å². The highest BCUT2D eigenvalue weighted by Crippen LogP contribution is 2.22. The molecule has 0 radical (unpaired) electrons. The molecule has 5 heteroatoms. The minimum absolute atomic E-state index is 0.0743. The van der Waals surface area contributed by atoms with E-state index in [2.05, 4.69) is 10.4 Å². The summed E-state index contributed by atoms with van der Waals surface area (Å²) in [5, 5.41) is 1.04. The Morgan fingerprint density at radius 2 is 2.25 bits per heavy atom. The van der Waals surface area contributed by atoms with Crippen molar-refractivity contribution in [3.63, 3.8) is 0 Å². The lowest BCUT2D eigenvalue weighted by atomic mass is 10.2. The van der Waals surface area contributed by atoms with Crippen LogP contribution in [0.4, 0.5) is 0 Å². The van der Waals surface area contributed by atoms with Crippen molar-refractivity contribution >= 4 is 23.2 Å². The minimum Gasteiger partial charge on any atom is -0.271 e. The van der Waals surface area contributed by atoms with Crippen LogP contribution < -0.4 is 11.3 Å². The first-order valence-electron chi connectivity index (χ1n) is 3.42. The molecule has 0 aliphatic carbocycles. The molecule has 1 rings (SSSR count). The zero-order chi connectivity index (χ0) is 9.14. The van der Waals surface area contributed by atoms with E-state index < -0.39 is 0 Å². The highest BCUT2D eigenvalue weighted by molar-refractivity contribution is 6.34. The fraction of sp³-hybridized carbons (Fsp3) is 0.286. The van der Waals surface area contributed by atoms with Crippen LogP contribution in [0.2, 0.25) is 10.0 Å². The molecule has 1 aromatic rings. The van der Waals surface area contributed by atoms with Crippen LogP contribution in [0.15, 0.2) is 12.3 Å².